The van der Waals surface area contributed by atoms with Crippen LogP contribution < -0.4 is 0 Å². The molecule has 1 fully saturated rings. The first-order valence-corrected chi connectivity index (χ1v) is 7.13. The molecule has 0 bridgehead atoms. The number of piperazine rings is 1. The summed E-state index contributed by atoms with van der Waals surface area (Å²) in [7, 11) is 0. The van der Waals surface area contributed by atoms with Gasteiger partial charge in [-0.25, -0.2) is 0 Å². The van der Waals surface area contributed by atoms with Crippen molar-refractivity contribution in [2.45, 2.75) is 13.5 Å². The topological polar surface area (TPSA) is 6.48 Å². The highest BCUT2D eigenvalue weighted by molar-refractivity contribution is 9.10. The molecule has 0 aliphatic carbocycles. The molecular weight excluding hydrogens is 272 g/mol. The highest BCUT2D eigenvalue weighted by atomic mass is 79.9. The van der Waals surface area contributed by atoms with Crippen molar-refractivity contribution in [3.05, 3.63) is 20.8 Å². The lowest BCUT2D eigenvalue weighted by atomic mass is 10.3. The number of hydrogen-bond acceptors (Lipinski definition) is 3. The van der Waals surface area contributed by atoms with E-state index >= 15 is 0 Å². The molecule has 0 unspecified atom stereocenters. The summed E-state index contributed by atoms with van der Waals surface area (Å²) >= 11 is 5.35. The van der Waals surface area contributed by atoms with Gasteiger partial charge in [-0.05, 0) is 28.5 Å². The van der Waals surface area contributed by atoms with Gasteiger partial charge in [0.1, 0.15) is 0 Å². The monoisotopic (exact) mass is 288 g/mol. The maximum absolute atomic E-state index is 3.50. The maximum atomic E-state index is 3.50. The number of rotatable bonds is 3. The number of hydrogen-bond donors (Lipinski definition) is 0. The number of likely N-dealkylation sites (N-methyl/N-ethyl adjacent to an activating group) is 1. The Morgan fingerprint density at radius 2 is 1.93 bits per heavy atom. The minimum atomic E-state index is 1.12. The number of halogens is 1. The van der Waals surface area contributed by atoms with Gasteiger partial charge in [-0.15, -0.1) is 11.3 Å². The summed E-state index contributed by atoms with van der Waals surface area (Å²) in [5.74, 6) is 0. The fourth-order valence-electron chi connectivity index (χ4n) is 1.92. The minimum absolute atomic E-state index is 1.12. The zero-order valence-electron chi connectivity index (χ0n) is 9.08. The molecule has 0 N–H and O–H groups in total. The molecule has 1 aliphatic rings. The lowest BCUT2D eigenvalue weighted by molar-refractivity contribution is 0.133. The molecule has 0 aromatic carbocycles. The lowest BCUT2D eigenvalue weighted by Gasteiger charge is -2.33. The van der Waals surface area contributed by atoms with Crippen molar-refractivity contribution in [3.63, 3.8) is 0 Å². The molecule has 0 spiro atoms. The van der Waals surface area contributed by atoms with Gasteiger partial charge in [-0.3, -0.25) is 4.90 Å². The van der Waals surface area contributed by atoms with Crippen LogP contribution in [0.1, 0.15) is 11.8 Å². The largest absolute Gasteiger partial charge is 0.301 e. The number of nitrogens with zero attached hydrogens (tertiary/aromatic N) is 2. The molecule has 84 valence electrons. The Morgan fingerprint density at radius 1 is 1.27 bits per heavy atom. The first-order chi connectivity index (χ1) is 7.28. The molecule has 2 rings (SSSR count). The average Bonchev–Trinajstić information content (AvgIpc) is 2.65. The molecule has 0 saturated carbocycles. The molecular formula is C11H17BrN2S. The Bertz CT molecular complexity index is 305. The van der Waals surface area contributed by atoms with Crippen LogP contribution in [0.5, 0.6) is 0 Å². The molecule has 0 amide bonds. The van der Waals surface area contributed by atoms with Gasteiger partial charge in [0.2, 0.25) is 0 Å². The predicted molar refractivity (Wildman–Crippen MR) is 69.4 cm³/mol. The summed E-state index contributed by atoms with van der Waals surface area (Å²) in [6.07, 6.45) is 0. The van der Waals surface area contributed by atoms with Gasteiger partial charge in [0.15, 0.2) is 0 Å². The second kappa shape index (κ2) is 5.43. The lowest BCUT2D eigenvalue weighted by Crippen LogP contribution is -2.45. The van der Waals surface area contributed by atoms with Crippen LogP contribution in [0.4, 0.5) is 0 Å². The van der Waals surface area contributed by atoms with E-state index in [0.29, 0.717) is 0 Å². The normalized spacial score (nSPS) is 19.6. The van der Waals surface area contributed by atoms with Crippen LogP contribution in [0.15, 0.2) is 15.9 Å². The van der Waals surface area contributed by atoms with Crippen LogP contribution in [0.3, 0.4) is 0 Å². The van der Waals surface area contributed by atoms with E-state index in [1.807, 2.05) is 11.3 Å². The van der Waals surface area contributed by atoms with E-state index in [1.165, 1.54) is 42.1 Å². The Hall–Kier alpha value is 0.1000. The van der Waals surface area contributed by atoms with E-state index in [4.69, 9.17) is 0 Å². The molecule has 1 aromatic rings. The van der Waals surface area contributed by atoms with Crippen LogP contribution in [0.25, 0.3) is 0 Å². The van der Waals surface area contributed by atoms with E-state index in [-0.39, 0.29) is 0 Å². The van der Waals surface area contributed by atoms with Gasteiger partial charge in [0.05, 0.1) is 0 Å². The third-order valence-electron chi connectivity index (χ3n) is 2.91. The summed E-state index contributed by atoms with van der Waals surface area (Å²) in [5, 5.41) is 2.16. The Balaban J connectivity index is 1.82. The summed E-state index contributed by atoms with van der Waals surface area (Å²) in [6, 6.07) is 2.23. The van der Waals surface area contributed by atoms with Gasteiger partial charge < -0.3 is 4.90 Å². The molecule has 0 radical (unpaired) electrons. The standard InChI is InChI=1S/C11H17BrN2S/c1-2-13-3-5-14(6-4-13)8-11-7-10(12)9-15-11/h7,9H,2-6,8H2,1H3. The zero-order valence-corrected chi connectivity index (χ0v) is 11.5. The average molecular weight is 289 g/mol. The van der Waals surface area contributed by atoms with E-state index in [9.17, 15) is 0 Å². The van der Waals surface area contributed by atoms with Crippen molar-refractivity contribution in [2.75, 3.05) is 32.7 Å². The van der Waals surface area contributed by atoms with Gasteiger partial charge in [0.25, 0.3) is 0 Å². The zero-order chi connectivity index (χ0) is 10.7. The minimum Gasteiger partial charge on any atom is -0.301 e. The van der Waals surface area contributed by atoms with E-state index in [2.05, 4.69) is 44.1 Å². The molecule has 1 saturated heterocycles. The van der Waals surface area contributed by atoms with Crippen molar-refractivity contribution >= 4 is 27.3 Å². The van der Waals surface area contributed by atoms with Crippen LogP contribution in [0.2, 0.25) is 0 Å². The van der Waals surface area contributed by atoms with Crippen molar-refractivity contribution in [2.24, 2.45) is 0 Å². The molecule has 4 heteroatoms. The van der Waals surface area contributed by atoms with Crippen LogP contribution in [-0.2, 0) is 6.54 Å². The van der Waals surface area contributed by atoms with E-state index < -0.39 is 0 Å². The van der Waals surface area contributed by atoms with Crippen LogP contribution in [0, 0.1) is 0 Å². The molecule has 1 aliphatic heterocycles. The third-order valence-corrected chi connectivity index (χ3v) is 4.60. The Morgan fingerprint density at radius 3 is 2.47 bits per heavy atom. The molecule has 2 heterocycles. The van der Waals surface area contributed by atoms with Crippen molar-refractivity contribution in [1.29, 1.82) is 0 Å². The summed E-state index contributed by atoms with van der Waals surface area (Å²) in [6.45, 7) is 9.43. The predicted octanol–water partition coefficient (Wildman–Crippen LogP) is 2.65. The van der Waals surface area contributed by atoms with Gasteiger partial charge in [0, 0.05) is 47.5 Å². The van der Waals surface area contributed by atoms with E-state index in [1.54, 1.807) is 0 Å². The summed E-state index contributed by atoms with van der Waals surface area (Å²) in [5.41, 5.74) is 0. The van der Waals surface area contributed by atoms with Crippen molar-refractivity contribution in [3.8, 4) is 0 Å². The number of thiophene rings is 1. The Kier molecular flexibility index (Phi) is 4.20. The quantitative estimate of drug-likeness (QED) is 0.844. The highest BCUT2D eigenvalue weighted by Gasteiger charge is 2.15. The highest BCUT2D eigenvalue weighted by Crippen LogP contribution is 2.21. The molecule has 2 nitrogen and oxygen atoms in total. The van der Waals surface area contributed by atoms with Crippen LogP contribution >= 0.6 is 27.3 Å². The molecule has 1 aromatic heterocycles. The SMILES string of the molecule is CCN1CCN(Cc2cc(Br)cs2)CC1. The fourth-order valence-corrected chi connectivity index (χ4v) is 3.41. The van der Waals surface area contributed by atoms with Crippen molar-refractivity contribution in [1.82, 2.24) is 9.80 Å². The second-order valence-corrected chi connectivity index (χ2v) is 5.85. The van der Waals surface area contributed by atoms with Gasteiger partial charge in [-0.2, -0.15) is 0 Å². The van der Waals surface area contributed by atoms with Gasteiger partial charge >= 0.3 is 0 Å². The van der Waals surface area contributed by atoms with Crippen LogP contribution in [-0.4, -0.2) is 42.5 Å². The maximum Gasteiger partial charge on any atom is 0.0329 e. The fraction of sp³-hybridized carbons (Fsp3) is 0.636. The third kappa shape index (κ3) is 3.28. The summed E-state index contributed by atoms with van der Waals surface area (Å²) in [4.78, 5) is 6.53. The molecule has 0 atom stereocenters. The first-order valence-electron chi connectivity index (χ1n) is 5.45. The first kappa shape index (κ1) is 11.6. The Labute approximate surface area is 104 Å². The van der Waals surface area contributed by atoms with E-state index in [0.717, 1.165) is 6.54 Å². The van der Waals surface area contributed by atoms with Crippen molar-refractivity contribution < 1.29 is 0 Å². The second-order valence-electron chi connectivity index (χ2n) is 3.94. The molecule has 15 heavy (non-hydrogen) atoms. The smallest absolute Gasteiger partial charge is 0.0329 e. The van der Waals surface area contributed by atoms with Gasteiger partial charge in [-0.1, -0.05) is 6.92 Å². The summed E-state index contributed by atoms with van der Waals surface area (Å²) < 4.78 is 1.22.